The fourth-order valence-electron chi connectivity index (χ4n) is 6.73. The Hall–Kier alpha value is -2.59. The SMILES string of the molecule is CC(C)[C@H]1CO[C@]23CC[C@@H](N(Cc4ccc(C(F)(F)F)cc4)Cc4ccc(C(F)(F)F)cc4)C[C@H]2CCC(=O)N13. The van der Waals surface area contributed by atoms with Crippen LogP contribution in [0.5, 0.6) is 0 Å². The molecule has 5 rings (SSSR count). The largest absolute Gasteiger partial charge is 0.416 e. The topological polar surface area (TPSA) is 32.8 Å². The molecule has 2 aromatic rings. The van der Waals surface area contributed by atoms with Crippen LogP contribution in [0.25, 0.3) is 0 Å². The molecule has 2 saturated heterocycles. The number of alkyl halides is 6. The van der Waals surface area contributed by atoms with E-state index in [1.807, 2.05) is 4.90 Å². The van der Waals surface area contributed by atoms with Crippen LogP contribution in [0, 0.1) is 11.8 Å². The number of hydrogen-bond donors (Lipinski definition) is 0. The molecule has 2 aliphatic heterocycles. The molecular formula is C30H34F6N2O2. The van der Waals surface area contributed by atoms with Crippen LogP contribution in [0.2, 0.25) is 0 Å². The van der Waals surface area contributed by atoms with Crippen molar-refractivity contribution >= 4 is 5.91 Å². The highest BCUT2D eigenvalue weighted by molar-refractivity contribution is 5.78. The number of carbonyl (C=O) groups excluding carboxylic acids is 1. The van der Waals surface area contributed by atoms with Crippen molar-refractivity contribution in [2.24, 2.45) is 11.8 Å². The minimum absolute atomic E-state index is 0.0250. The molecule has 40 heavy (non-hydrogen) atoms. The van der Waals surface area contributed by atoms with Crippen LogP contribution >= 0.6 is 0 Å². The van der Waals surface area contributed by atoms with Gasteiger partial charge >= 0.3 is 12.4 Å². The van der Waals surface area contributed by atoms with Gasteiger partial charge in [-0.05, 0) is 67.0 Å². The molecule has 0 aromatic heterocycles. The van der Waals surface area contributed by atoms with Crippen molar-refractivity contribution < 1.29 is 35.9 Å². The number of carbonyl (C=O) groups is 1. The maximum absolute atomic E-state index is 13.1. The number of piperidine rings is 1. The first kappa shape index (κ1) is 28.9. The normalized spacial score (nSPS) is 27.3. The lowest BCUT2D eigenvalue weighted by Gasteiger charge is -2.53. The molecule has 2 aromatic carbocycles. The molecule has 1 saturated carbocycles. The van der Waals surface area contributed by atoms with E-state index in [0.717, 1.165) is 30.7 Å². The Balaban J connectivity index is 1.39. The van der Waals surface area contributed by atoms with Crippen molar-refractivity contribution in [3.63, 3.8) is 0 Å². The van der Waals surface area contributed by atoms with Crippen LogP contribution in [0.3, 0.4) is 0 Å². The molecule has 1 aliphatic carbocycles. The van der Waals surface area contributed by atoms with E-state index in [1.165, 1.54) is 24.3 Å². The molecule has 10 heteroatoms. The van der Waals surface area contributed by atoms with E-state index in [4.69, 9.17) is 4.74 Å². The van der Waals surface area contributed by atoms with E-state index in [2.05, 4.69) is 18.7 Å². The third-order valence-corrected chi connectivity index (χ3v) is 8.87. The Morgan fingerprint density at radius 2 is 1.43 bits per heavy atom. The fourth-order valence-corrected chi connectivity index (χ4v) is 6.73. The summed E-state index contributed by atoms with van der Waals surface area (Å²) < 4.78 is 85.1. The maximum Gasteiger partial charge on any atom is 0.416 e. The first-order chi connectivity index (χ1) is 18.8. The standard InChI is InChI=1S/C30H34F6N2O2/c1-19(2)26-18-40-28-14-13-25(15-24(28)11-12-27(39)38(26)28)37(16-20-3-7-22(8-4-20)29(31,32)33)17-21-5-9-23(10-6-21)30(34,35)36/h3-10,19,24-26H,11-18H2,1-2H3/t24-,25-,26-,28-/m1/s1. The van der Waals surface area contributed by atoms with Gasteiger partial charge in [0, 0.05) is 31.5 Å². The van der Waals surface area contributed by atoms with E-state index in [0.29, 0.717) is 56.5 Å². The Morgan fingerprint density at radius 3 is 1.90 bits per heavy atom. The monoisotopic (exact) mass is 568 g/mol. The van der Waals surface area contributed by atoms with E-state index < -0.39 is 29.2 Å². The Bertz CT molecular complexity index is 1140. The van der Waals surface area contributed by atoms with Crippen LogP contribution < -0.4 is 0 Å². The van der Waals surface area contributed by atoms with Gasteiger partial charge in [-0.3, -0.25) is 9.69 Å². The van der Waals surface area contributed by atoms with E-state index in [1.54, 1.807) is 0 Å². The van der Waals surface area contributed by atoms with Crippen molar-refractivity contribution in [1.82, 2.24) is 9.80 Å². The number of rotatable bonds is 6. The second-order valence-corrected chi connectivity index (χ2v) is 11.7. The first-order valence-corrected chi connectivity index (χ1v) is 13.8. The molecule has 4 nitrogen and oxygen atoms in total. The molecule has 0 radical (unpaired) electrons. The Morgan fingerprint density at radius 1 is 0.900 bits per heavy atom. The lowest BCUT2D eigenvalue weighted by molar-refractivity contribution is -0.192. The molecule has 0 unspecified atom stereocenters. The number of benzene rings is 2. The lowest BCUT2D eigenvalue weighted by atomic mass is 9.72. The Labute approximate surface area is 230 Å². The third-order valence-electron chi connectivity index (χ3n) is 8.87. The number of halogens is 6. The quantitative estimate of drug-likeness (QED) is 0.344. The van der Waals surface area contributed by atoms with Crippen molar-refractivity contribution in [1.29, 1.82) is 0 Å². The molecule has 218 valence electrons. The average Bonchev–Trinajstić information content (AvgIpc) is 3.29. The predicted octanol–water partition coefficient (Wildman–Crippen LogP) is 7.27. The number of nitrogens with zero attached hydrogens (tertiary/aromatic N) is 2. The zero-order valence-corrected chi connectivity index (χ0v) is 22.6. The summed E-state index contributed by atoms with van der Waals surface area (Å²) >= 11 is 0. The highest BCUT2D eigenvalue weighted by atomic mass is 19.4. The summed E-state index contributed by atoms with van der Waals surface area (Å²) in [6.45, 7) is 5.38. The van der Waals surface area contributed by atoms with Crippen LogP contribution in [0.4, 0.5) is 26.3 Å². The zero-order chi connectivity index (χ0) is 28.9. The van der Waals surface area contributed by atoms with Gasteiger partial charge in [0.15, 0.2) is 0 Å². The van der Waals surface area contributed by atoms with Gasteiger partial charge in [0.25, 0.3) is 0 Å². The van der Waals surface area contributed by atoms with Crippen molar-refractivity contribution in [3.05, 3.63) is 70.8 Å². The molecule has 0 N–H and O–H groups in total. The summed E-state index contributed by atoms with van der Waals surface area (Å²) in [4.78, 5) is 17.1. The van der Waals surface area contributed by atoms with Gasteiger partial charge in [0.2, 0.25) is 5.91 Å². The molecule has 0 bridgehead atoms. The fraction of sp³-hybridized carbons (Fsp3) is 0.567. The summed E-state index contributed by atoms with van der Waals surface area (Å²) in [5.41, 5.74) is -0.699. The van der Waals surface area contributed by atoms with Gasteiger partial charge in [-0.15, -0.1) is 0 Å². The summed E-state index contributed by atoms with van der Waals surface area (Å²) in [5.74, 6) is 0.489. The van der Waals surface area contributed by atoms with Crippen molar-refractivity contribution in [2.75, 3.05) is 6.61 Å². The summed E-state index contributed by atoms with van der Waals surface area (Å²) in [6, 6.07) is 10.1. The lowest BCUT2D eigenvalue weighted by Crippen LogP contribution is -2.63. The minimum atomic E-state index is -4.43. The highest BCUT2D eigenvalue weighted by Gasteiger charge is 2.59. The molecule has 2 heterocycles. The number of ether oxygens (including phenoxy) is 1. The van der Waals surface area contributed by atoms with E-state index in [9.17, 15) is 31.1 Å². The molecular weight excluding hydrogens is 534 g/mol. The van der Waals surface area contributed by atoms with Gasteiger partial charge in [-0.25, -0.2) is 0 Å². The van der Waals surface area contributed by atoms with Gasteiger partial charge in [0.1, 0.15) is 5.72 Å². The van der Waals surface area contributed by atoms with Crippen LogP contribution in [0.15, 0.2) is 48.5 Å². The van der Waals surface area contributed by atoms with E-state index >= 15 is 0 Å². The second-order valence-electron chi connectivity index (χ2n) is 11.7. The van der Waals surface area contributed by atoms with Gasteiger partial charge in [0.05, 0.1) is 23.8 Å². The Kier molecular flexibility index (Phi) is 7.72. The summed E-state index contributed by atoms with van der Waals surface area (Å²) in [6.07, 6.45) is -5.64. The van der Waals surface area contributed by atoms with Crippen LogP contribution in [-0.4, -0.2) is 40.1 Å². The first-order valence-electron chi connectivity index (χ1n) is 13.8. The van der Waals surface area contributed by atoms with Gasteiger partial charge in [-0.2, -0.15) is 26.3 Å². The molecule has 3 aliphatic rings. The zero-order valence-electron chi connectivity index (χ0n) is 22.6. The smallest absolute Gasteiger partial charge is 0.353 e. The maximum atomic E-state index is 13.1. The summed E-state index contributed by atoms with van der Waals surface area (Å²) in [7, 11) is 0. The van der Waals surface area contributed by atoms with Crippen molar-refractivity contribution in [2.45, 2.75) is 89.2 Å². The van der Waals surface area contributed by atoms with Gasteiger partial charge in [-0.1, -0.05) is 38.1 Å². The van der Waals surface area contributed by atoms with Crippen LogP contribution in [0.1, 0.15) is 68.2 Å². The molecule has 1 amide bonds. The van der Waals surface area contributed by atoms with Crippen LogP contribution in [-0.2, 0) is 35.0 Å². The molecule has 3 fully saturated rings. The second kappa shape index (κ2) is 10.7. The van der Waals surface area contributed by atoms with Gasteiger partial charge < -0.3 is 9.64 Å². The minimum Gasteiger partial charge on any atom is -0.353 e. The summed E-state index contributed by atoms with van der Waals surface area (Å²) in [5, 5.41) is 0. The third kappa shape index (κ3) is 5.62. The molecule has 1 spiro atoms. The highest BCUT2D eigenvalue weighted by Crippen LogP contribution is 2.51. The number of amides is 1. The average molecular weight is 569 g/mol. The predicted molar refractivity (Wildman–Crippen MR) is 137 cm³/mol. The van der Waals surface area contributed by atoms with E-state index in [-0.39, 0.29) is 29.8 Å². The molecule has 4 atom stereocenters. The number of hydrogen-bond acceptors (Lipinski definition) is 3. The van der Waals surface area contributed by atoms with Crippen molar-refractivity contribution in [3.8, 4) is 0 Å².